The van der Waals surface area contributed by atoms with Gasteiger partial charge in [-0.05, 0) is 90.0 Å². The summed E-state index contributed by atoms with van der Waals surface area (Å²) < 4.78 is 13.8. The van der Waals surface area contributed by atoms with Crippen molar-refractivity contribution in [3.8, 4) is 28.2 Å². The summed E-state index contributed by atoms with van der Waals surface area (Å²) in [5, 5.41) is 9.57. The van der Waals surface area contributed by atoms with Gasteiger partial charge in [-0.15, -0.1) is 0 Å². The second kappa shape index (κ2) is 11.8. The molecule has 0 N–H and O–H groups in total. The third-order valence-electron chi connectivity index (χ3n) is 12.2. The highest BCUT2D eigenvalue weighted by molar-refractivity contribution is 6.24. The summed E-state index contributed by atoms with van der Waals surface area (Å²) in [6.07, 6.45) is 0. The van der Waals surface area contributed by atoms with Crippen LogP contribution in [0.15, 0.2) is 205 Å². The first-order chi connectivity index (χ1) is 28.8. The van der Waals surface area contributed by atoms with Gasteiger partial charge in [-0.2, -0.15) is 0 Å². The lowest BCUT2D eigenvalue weighted by atomic mass is 10.0. The van der Waals surface area contributed by atoms with Gasteiger partial charge in [-0.25, -0.2) is 0 Å². The lowest BCUT2D eigenvalue weighted by Crippen LogP contribution is -1.98. The monoisotopic (exact) mass is 739 g/mol. The van der Waals surface area contributed by atoms with E-state index in [4.69, 9.17) is 4.42 Å². The van der Waals surface area contributed by atoms with Gasteiger partial charge in [0.2, 0.25) is 0 Å². The molecule has 0 saturated heterocycles. The van der Waals surface area contributed by atoms with Gasteiger partial charge in [0.05, 0.1) is 33.1 Å². The number of para-hydroxylation sites is 5. The van der Waals surface area contributed by atoms with Crippen LogP contribution in [0.5, 0.6) is 0 Å². The summed E-state index contributed by atoms with van der Waals surface area (Å²) in [4.78, 5) is 0. The Kier molecular flexibility index (Phi) is 6.41. The molecule has 0 unspecified atom stereocenters. The molecule has 4 heterocycles. The molecular formula is C54H33N3O. The van der Waals surface area contributed by atoms with E-state index in [0.29, 0.717) is 0 Å². The fourth-order valence-corrected chi connectivity index (χ4v) is 9.69. The highest BCUT2D eigenvalue weighted by atomic mass is 16.3. The van der Waals surface area contributed by atoms with Crippen molar-refractivity contribution in [1.82, 2.24) is 13.7 Å². The van der Waals surface area contributed by atoms with Gasteiger partial charge in [0, 0.05) is 60.2 Å². The van der Waals surface area contributed by atoms with Crippen molar-refractivity contribution in [1.29, 1.82) is 0 Å². The van der Waals surface area contributed by atoms with E-state index in [1.807, 2.05) is 6.07 Å². The first-order valence-corrected chi connectivity index (χ1v) is 19.8. The zero-order valence-corrected chi connectivity index (χ0v) is 31.3. The Labute approximate surface area is 332 Å². The molecule has 0 bridgehead atoms. The Morgan fingerprint density at radius 2 is 0.741 bits per heavy atom. The first-order valence-electron chi connectivity index (χ1n) is 19.8. The average molecular weight is 740 g/mol. The van der Waals surface area contributed by atoms with Crippen LogP contribution in [0.1, 0.15) is 0 Å². The van der Waals surface area contributed by atoms with Crippen LogP contribution >= 0.6 is 0 Å². The molecule has 0 amide bonds. The second-order valence-electron chi connectivity index (χ2n) is 15.3. The molecule has 0 aliphatic carbocycles. The maximum absolute atomic E-state index is 6.44. The predicted octanol–water partition coefficient (Wildman–Crippen LogP) is 14.5. The number of nitrogens with zero attached hydrogens (tertiary/aromatic N) is 3. The predicted molar refractivity (Wildman–Crippen MR) is 242 cm³/mol. The van der Waals surface area contributed by atoms with Crippen molar-refractivity contribution in [3.05, 3.63) is 200 Å². The van der Waals surface area contributed by atoms with Crippen LogP contribution in [0.25, 0.3) is 116 Å². The van der Waals surface area contributed by atoms with Crippen molar-refractivity contribution >= 4 is 87.4 Å². The number of aromatic nitrogens is 3. The van der Waals surface area contributed by atoms with E-state index in [0.717, 1.165) is 50.0 Å². The van der Waals surface area contributed by atoms with Crippen LogP contribution in [0.3, 0.4) is 0 Å². The molecule has 13 rings (SSSR count). The molecular weight excluding hydrogens is 707 g/mol. The topological polar surface area (TPSA) is 27.9 Å². The molecule has 0 fully saturated rings. The third kappa shape index (κ3) is 4.34. The molecule has 0 atom stereocenters. The number of hydrogen-bond acceptors (Lipinski definition) is 1. The van der Waals surface area contributed by atoms with Gasteiger partial charge < -0.3 is 18.1 Å². The van der Waals surface area contributed by atoms with Crippen molar-refractivity contribution in [2.75, 3.05) is 0 Å². The van der Waals surface area contributed by atoms with E-state index in [9.17, 15) is 0 Å². The van der Waals surface area contributed by atoms with Crippen LogP contribution in [-0.2, 0) is 0 Å². The summed E-state index contributed by atoms with van der Waals surface area (Å²) in [6.45, 7) is 0. The van der Waals surface area contributed by atoms with E-state index >= 15 is 0 Å². The maximum atomic E-state index is 6.44. The van der Waals surface area contributed by atoms with E-state index in [-0.39, 0.29) is 0 Å². The molecule has 4 heteroatoms. The zero-order valence-electron chi connectivity index (χ0n) is 31.3. The highest BCUT2D eigenvalue weighted by Gasteiger charge is 2.22. The smallest absolute Gasteiger partial charge is 0.136 e. The van der Waals surface area contributed by atoms with Crippen molar-refractivity contribution in [3.63, 3.8) is 0 Å². The van der Waals surface area contributed by atoms with Gasteiger partial charge in [0.15, 0.2) is 0 Å². The summed E-state index contributed by atoms with van der Waals surface area (Å²) in [5.41, 5.74) is 14.7. The number of benzene rings is 9. The van der Waals surface area contributed by atoms with Gasteiger partial charge in [0.1, 0.15) is 11.2 Å². The summed E-state index contributed by atoms with van der Waals surface area (Å²) in [5.74, 6) is 0. The van der Waals surface area contributed by atoms with Gasteiger partial charge >= 0.3 is 0 Å². The largest absolute Gasteiger partial charge is 0.456 e. The number of fused-ring (bicyclic) bond motifs is 13. The molecule has 4 nitrogen and oxygen atoms in total. The quantitative estimate of drug-likeness (QED) is 0.177. The Morgan fingerprint density at radius 1 is 0.259 bits per heavy atom. The minimum atomic E-state index is 0.902. The summed E-state index contributed by atoms with van der Waals surface area (Å²) >= 11 is 0. The van der Waals surface area contributed by atoms with E-state index in [1.54, 1.807) is 0 Å². The Balaban J connectivity index is 1.10. The minimum Gasteiger partial charge on any atom is -0.456 e. The van der Waals surface area contributed by atoms with Crippen molar-refractivity contribution < 1.29 is 4.42 Å². The van der Waals surface area contributed by atoms with Crippen LogP contribution in [0.2, 0.25) is 0 Å². The standard InChI is InChI=1S/C54H33N3O/c1-4-14-36(15-5-1)55-48-29-25-34(30-44(48)45-33-52-46(32-50(45)55)41-21-11-13-23-51(41)58-52)35-24-26-40-43-28-27-42-39-20-10-12-22-47(39)56(37-16-6-2-7-17-37)53(42)54(43)57(49(40)31-35)38-18-8-3-9-19-38/h1-33H. The first kappa shape index (κ1) is 31.4. The SMILES string of the molecule is c1ccc(-n2c3ccc(-c4ccc5c6ccc7c8ccccc8n(-c8ccccc8)c7c6n(-c6ccccc6)c5c4)cc3c3cc4oc5ccccc5c4cc32)cc1. The summed E-state index contributed by atoms with van der Waals surface area (Å²) in [7, 11) is 0. The molecule has 58 heavy (non-hydrogen) atoms. The van der Waals surface area contributed by atoms with Crippen molar-refractivity contribution in [2.45, 2.75) is 0 Å². The lowest BCUT2D eigenvalue weighted by molar-refractivity contribution is 0.669. The molecule has 0 spiro atoms. The molecule has 0 aliphatic heterocycles. The number of furan rings is 1. The molecule has 0 aliphatic rings. The van der Waals surface area contributed by atoms with Gasteiger partial charge in [-0.1, -0.05) is 121 Å². The molecule has 0 radical (unpaired) electrons. The molecule has 13 aromatic rings. The van der Waals surface area contributed by atoms with Crippen LogP contribution in [0, 0.1) is 0 Å². The maximum Gasteiger partial charge on any atom is 0.136 e. The van der Waals surface area contributed by atoms with E-state index in [1.165, 1.54) is 65.5 Å². The number of rotatable bonds is 4. The molecule has 9 aromatic carbocycles. The van der Waals surface area contributed by atoms with Crippen molar-refractivity contribution in [2.24, 2.45) is 0 Å². The highest BCUT2D eigenvalue weighted by Crippen LogP contribution is 2.44. The lowest BCUT2D eigenvalue weighted by Gasteiger charge is -2.13. The minimum absolute atomic E-state index is 0.902. The van der Waals surface area contributed by atoms with Crippen LogP contribution in [-0.4, -0.2) is 13.7 Å². The number of hydrogen-bond donors (Lipinski definition) is 0. The fraction of sp³-hybridized carbons (Fsp3) is 0. The van der Waals surface area contributed by atoms with Crippen LogP contribution in [0.4, 0.5) is 0 Å². The van der Waals surface area contributed by atoms with E-state index < -0.39 is 0 Å². The molecule has 0 saturated carbocycles. The second-order valence-corrected chi connectivity index (χ2v) is 15.3. The van der Waals surface area contributed by atoms with Crippen LogP contribution < -0.4 is 0 Å². The Morgan fingerprint density at radius 3 is 1.45 bits per heavy atom. The molecule has 4 aromatic heterocycles. The summed E-state index contributed by atoms with van der Waals surface area (Å²) in [6, 6.07) is 72.5. The van der Waals surface area contributed by atoms with Gasteiger partial charge in [0.25, 0.3) is 0 Å². The van der Waals surface area contributed by atoms with Gasteiger partial charge in [-0.3, -0.25) is 0 Å². The third-order valence-corrected chi connectivity index (χ3v) is 12.2. The fourth-order valence-electron chi connectivity index (χ4n) is 9.69. The molecule has 270 valence electrons. The Bertz CT molecular complexity index is 3770. The zero-order chi connectivity index (χ0) is 37.9. The normalized spacial score (nSPS) is 12.1. The van der Waals surface area contributed by atoms with E-state index in [2.05, 4.69) is 208 Å². The average Bonchev–Trinajstić information content (AvgIpc) is 4.02. The Hall–Kier alpha value is -7.82.